The predicted octanol–water partition coefficient (Wildman–Crippen LogP) is 4.71. The molecule has 7 nitrogen and oxygen atoms in total. The third-order valence-corrected chi connectivity index (χ3v) is 8.60. The van der Waals surface area contributed by atoms with Gasteiger partial charge in [-0.2, -0.15) is 0 Å². The molecule has 2 aromatic carbocycles. The maximum atomic E-state index is 13.4. The van der Waals surface area contributed by atoms with E-state index >= 15 is 0 Å². The van der Waals surface area contributed by atoms with Crippen molar-refractivity contribution in [1.82, 2.24) is 10.2 Å². The number of halogens is 1. The van der Waals surface area contributed by atoms with Crippen molar-refractivity contribution >= 4 is 39.1 Å². The number of carbonyl (C=O) groups excluding carboxylic acids is 2. The maximum absolute atomic E-state index is 13.4. The molecular weight excluding hydrogens is 510 g/mol. The molecule has 0 radical (unpaired) electrons. The Kier molecular flexibility index (Phi) is 10.4. The van der Waals surface area contributed by atoms with Crippen LogP contribution in [-0.2, 0) is 26.0 Å². The first-order valence-electron chi connectivity index (χ1n) is 12.9. The predicted molar refractivity (Wildman–Crippen MR) is 149 cm³/mol. The Morgan fingerprint density at radius 2 is 1.73 bits per heavy atom. The molecule has 37 heavy (non-hydrogen) atoms. The average molecular weight is 548 g/mol. The van der Waals surface area contributed by atoms with Crippen molar-refractivity contribution in [1.29, 1.82) is 0 Å². The van der Waals surface area contributed by atoms with E-state index in [1.165, 1.54) is 4.31 Å². The highest BCUT2D eigenvalue weighted by molar-refractivity contribution is 7.92. The number of nitrogens with zero attached hydrogens (tertiary/aromatic N) is 2. The van der Waals surface area contributed by atoms with E-state index in [9.17, 15) is 18.0 Å². The van der Waals surface area contributed by atoms with Crippen molar-refractivity contribution in [2.75, 3.05) is 23.7 Å². The summed E-state index contributed by atoms with van der Waals surface area (Å²) in [4.78, 5) is 28.0. The molecule has 2 amide bonds. The van der Waals surface area contributed by atoms with Crippen LogP contribution in [0.15, 0.2) is 48.5 Å². The lowest BCUT2D eigenvalue weighted by Crippen LogP contribution is -2.50. The molecule has 0 heterocycles. The van der Waals surface area contributed by atoms with E-state index in [-0.39, 0.29) is 30.8 Å². The third kappa shape index (κ3) is 8.20. The van der Waals surface area contributed by atoms with Crippen LogP contribution in [-0.4, -0.2) is 56.6 Å². The summed E-state index contributed by atoms with van der Waals surface area (Å²) >= 11 is 6.22. The maximum Gasteiger partial charge on any atom is 0.242 e. The van der Waals surface area contributed by atoms with Gasteiger partial charge < -0.3 is 10.2 Å². The number of sulfonamides is 1. The van der Waals surface area contributed by atoms with E-state index in [2.05, 4.69) is 5.32 Å². The number of benzene rings is 2. The van der Waals surface area contributed by atoms with Gasteiger partial charge in [-0.1, -0.05) is 60.8 Å². The van der Waals surface area contributed by atoms with Gasteiger partial charge in [-0.05, 0) is 62.8 Å². The average Bonchev–Trinajstić information content (AvgIpc) is 3.37. The van der Waals surface area contributed by atoms with Gasteiger partial charge in [0.25, 0.3) is 0 Å². The summed E-state index contributed by atoms with van der Waals surface area (Å²) in [5.41, 5.74) is 2.26. The van der Waals surface area contributed by atoms with Gasteiger partial charge >= 0.3 is 0 Å². The molecule has 9 heteroatoms. The topological polar surface area (TPSA) is 86.8 Å². The lowest BCUT2D eigenvalue weighted by atomic mass is 10.1. The summed E-state index contributed by atoms with van der Waals surface area (Å²) in [7, 11) is -3.58. The molecule has 2 aromatic rings. The van der Waals surface area contributed by atoms with E-state index in [4.69, 9.17) is 11.6 Å². The molecule has 1 fully saturated rings. The van der Waals surface area contributed by atoms with Crippen molar-refractivity contribution < 1.29 is 18.0 Å². The minimum atomic E-state index is -3.58. The van der Waals surface area contributed by atoms with E-state index < -0.39 is 16.1 Å². The molecule has 1 aliphatic carbocycles. The second-order valence-electron chi connectivity index (χ2n) is 9.81. The lowest BCUT2D eigenvalue weighted by Gasteiger charge is -2.30. The van der Waals surface area contributed by atoms with Crippen LogP contribution in [0.1, 0.15) is 56.6 Å². The Labute approximate surface area is 226 Å². The summed E-state index contributed by atoms with van der Waals surface area (Å²) in [6.07, 6.45) is 6.39. The highest BCUT2D eigenvalue weighted by Crippen LogP contribution is 2.28. The van der Waals surface area contributed by atoms with Crippen molar-refractivity contribution in [3.05, 3.63) is 64.7 Å². The van der Waals surface area contributed by atoms with Crippen LogP contribution in [0.5, 0.6) is 0 Å². The van der Waals surface area contributed by atoms with Gasteiger partial charge in [-0.15, -0.1) is 0 Å². The Morgan fingerprint density at radius 1 is 1.05 bits per heavy atom. The molecule has 0 saturated heterocycles. The van der Waals surface area contributed by atoms with Gasteiger partial charge in [0.05, 0.1) is 11.9 Å². The van der Waals surface area contributed by atoms with Gasteiger partial charge in [-0.3, -0.25) is 13.9 Å². The Hall–Kier alpha value is -2.58. The molecule has 0 bridgehead atoms. The number of nitrogens with one attached hydrogen (secondary N) is 1. The molecule has 1 unspecified atom stereocenters. The SMILES string of the molecule is Cc1c(Cl)cccc1N(CCCC(=O)N(CCc1ccccc1)C(C)C(=O)NC1CCCC1)S(C)(=O)=O. The fraction of sp³-hybridized carbons (Fsp3) is 0.500. The summed E-state index contributed by atoms with van der Waals surface area (Å²) in [5.74, 6) is -0.304. The minimum Gasteiger partial charge on any atom is -0.352 e. The van der Waals surface area contributed by atoms with Crippen LogP contribution in [0.4, 0.5) is 5.69 Å². The first-order valence-corrected chi connectivity index (χ1v) is 15.2. The zero-order chi connectivity index (χ0) is 27.0. The smallest absolute Gasteiger partial charge is 0.242 e. The zero-order valence-electron chi connectivity index (χ0n) is 22.0. The summed E-state index contributed by atoms with van der Waals surface area (Å²) < 4.78 is 26.4. The van der Waals surface area contributed by atoms with Crippen LogP contribution in [0.3, 0.4) is 0 Å². The highest BCUT2D eigenvalue weighted by atomic mass is 35.5. The molecule has 0 aliphatic heterocycles. The molecule has 0 spiro atoms. The molecule has 0 aromatic heterocycles. The summed E-state index contributed by atoms with van der Waals surface area (Å²) in [5, 5.41) is 3.59. The molecule has 1 N–H and O–H groups in total. The van der Waals surface area contributed by atoms with Crippen LogP contribution in [0.25, 0.3) is 0 Å². The van der Waals surface area contributed by atoms with Crippen LogP contribution < -0.4 is 9.62 Å². The van der Waals surface area contributed by atoms with E-state index in [1.807, 2.05) is 30.3 Å². The van der Waals surface area contributed by atoms with Gasteiger partial charge in [0.15, 0.2) is 0 Å². The second-order valence-corrected chi connectivity index (χ2v) is 12.1. The molecule has 1 saturated carbocycles. The molecule has 1 atom stereocenters. The molecule has 1 aliphatic rings. The lowest BCUT2D eigenvalue weighted by molar-refractivity contribution is -0.140. The van der Waals surface area contributed by atoms with Crippen molar-refractivity contribution in [2.45, 2.75) is 70.9 Å². The Balaban J connectivity index is 1.69. The number of carbonyl (C=O) groups is 2. The van der Waals surface area contributed by atoms with Crippen molar-refractivity contribution in [3.63, 3.8) is 0 Å². The number of hydrogen-bond donors (Lipinski definition) is 1. The van der Waals surface area contributed by atoms with Gasteiger partial charge in [0, 0.05) is 30.6 Å². The Bertz CT molecular complexity index is 1170. The quantitative estimate of drug-likeness (QED) is 0.417. The molecule has 3 rings (SSSR count). The van der Waals surface area contributed by atoms with E-state index in [0.29, 0.717) is 35.7 Å². The van der Waals surface area contributed by atoms with Crippen LogP contribution in [0, 0.1) is 6.92 Å². The summed E-state index contributed by atoms with van der Waals surface area (Å²) in [6.45, 7) is 4.09. The van der Waals surface area contributed by atoms with Gasteiger partial charge in [-0.25, -0.2) is 8.42 Å². The number of anilines is 1. The first kappa shape index (κ1) is 29.0. The minimum absolute atomic E-state index is 0.126. The van der Waals surface area contributed by atoms with E-state index in [0.717, 1.165) is 37.5 Å². The number of amides is 2. The number of rotatable bonds is 12. The fourth-order valence-corrected chi connectivity index (χ4v) is 6.00. The summed E-state index contributed by atoms with van der Waals surface area (Å²) in [6, 6.07) is 14.6. The molecular formula is C28H38ClN3O4S. The van der Waals surface area contributed by atoms with Gasteiger partial charge in [0.1, 0.15) is 6.04 Å². The van der Waals surface area contributed by atoms with E-state index in [1.54, 1.807) is 36.9 Å². The van der Waals surface area contributed by atoms with Crippen molar-refractivity contribution in [3.8, 4) is 0 Å². The van der Waals surface area contributed by atoms with Crippen LogP contribution >= 0.6 is 11.6 Å². The number of hydrogen-bond acceptors (Lipinski definition) is 4. The largest absolute Gasteiger partial charge is 0.352 e. The Morgan fingerprint density at radius 3 is 2.38 bits per heavy atom. The monoisotopic (exact) mass is 547 g/mol. The zero-order valence-corrected chi connectivity index (χ0v) is 23.5. The van der Waals surface area contributed by atoms with Crippen molar-refractivity contribution in [2.24, 2.45) is 0 Å². The molecule has 202 valence electrons. The standard InChI is InChI=1S/C28H38ClN3O4S/c1-21-25(29)15-9-16-26(21)32(37(3,35)36)19-10-17-27(33)31(20-18-23-11-5-4-6-12-23)22(2)28(34)30-24-13-7-8-14-24/h4-6,9,11-12,15-16,22,24H,7-8,10,13-14,17-20H2,1-3H3,(H,30,34). The second kappa shape index (κ2) is 13.3. The van der Waals surface area contributed by atoms with Gasteiger partial charge in [0.2, 0.25) is 21.8 Å². The third-order valence-electron chi connectivity index (χ3n) is 7.01. The highest BCUT2D eigenvalue weighted by Gasteiger charge is 2.28. The fourth-order valence-electron chi connectivity index (χ4n) is 4.81. The van der Waals surface area contributed by atoms with Crippen LogP contribution in [0.2, 0.25) is 5.02 Å². The normalized spacial score (nSPS) is 14.8. The first-order chi connectivity index (χ1) is 17.6.